The van der Waals surface area contributed by atoms with E-state index >= 15 is 0 Å². The predicted octanol–water partition coefficient (Wildman–Crippen LogP) is 6.33. The largest absolute Gasteiger partial charge is 0.491 e. The highest BCUT2D eigenvalue weighted by Crippen LogP contribution is 2.36. The molecule has 0 saturated carbocycles. The first-order valence-corrected chi connectivity index (χ1v) is 11.6. The third kappa shape index (κ3) is 4.63. The van der Waals surface area contributed by atoms with Gasteiger partial charge in [0.15, 0.2) is 0 Å². The first kappa shape index (κ1) is 24.1. The Morgan fingerprint density at radius 3 is 2.62 bits per heavy atom. The Morgan fingerprint density at radius 2 is 1.82 bits per heavy atom. The molecule has 34 heavy (non-hydrogen) atoms. The number of imidazole rings is 1. The minimum absolute atomic E-state index is 0. The van der Waals surface area contributed by atoms with Gasteiger partial charge in [0, 0.05) is 18.9 Å². The molecule has 1 amide bonds. The van der Waals surface area contributed by atoms with Crippen molar-refractivity contribution in [1.29, 1.82) is 0 Å². The first-order valence-electron chi connectivity index (χ1n) is 11.2. The average Bonchev–Trinajstić information content (AvgIpc) is 3.36. The van der Waals surface area contributed by atoms with E-state index in [0.717, 1.165) is 33.9 Å². The fourth-order valence-corrected chi connectivity index (χ4v) is 4.87. The van der Waals surface area contributed by atoms with Crippen LogP contribution in [0.3, 0.4) is 0 Å². The van der Waals surface area contributed by atoms with Gasteiger partial charge in [0.2, 0.25) is 5.91 Å². The zero-order chi connectivity index (χ0) is 22.9. The molecule has 1 aliphatic rings. The number of carbonyl (C=O) groups is 1. The number of nitrogens with zero attached hydrogens (tertiary/aromatic N) is 3. The average molecular weight is 496 g/mol. The van der Waals surface area contributed by atoms with E-state index in [1.165, 1.54) is 5.56 Å². The van der Waals surface area contributed by atoms with Gasteiger partial charge in [-0.1, -0.05) is 53.6 Å². The number of aryl methyl sites for hydroxylation is 2. The highest BCUT2D eigenvalue weighted by Gasteiger charge is 2.35. The summed E-state index contributed by atoms with van der Waals surface area (Å²) >= 11 is 6.38. The van der Waals surface area contributed by atoms with Crippen molar-refractivity contribution in [2.45, 2.75) is 32.7 Å². The summed E-state index contributed by atoms with van der Waals surface area (Å²) in [7, 11) is 0. The number of hydrogen-bond acceptors (Lipinski definition) is 3. The van der Waals surface area contributed by atoms with Gasteiger partial charge in [-0.15, -0.1) is 12.4 Å². The Balaban J connectivity index is 0.00000274. The van der Waals surface area contributed by atoms with Crippen LogP contribution in [-0.4, -0.2) is 28.6 Å². The lowest BCUT2D eigenvalue weighted by molar-refractivity contribution is -0.117. The summed E-state index contributed by atoms with van der Waals surface area (Å²) in [5, 5.41) is 0.585. The fourth-order valence-electron chi connectivity index (χ4n) is 4.63. The molecule has 3 aromatic carbocycles. The summed E-state index contributed by atoms with van der Waals surface area (Å²) in [6.45, 7) is 5.87. The van der Waals surface area contributed by atoms with Crippen molar-refractivity contribution >= 4 is 46.6 Å². The number of halogens is 2. The zero-order valence-corrected chi connectivity index (χ0v) is 20.8. The van der Waals surface area contributed by atoms with Gasteiger partial charge in [-0.05, 0) is 49.7 Å². The van der Waals surface area contributed by atoms with Crippen molar-refractivity contribution in [3.05, 3.63) is 88.7 Å². The monoisotopic (exact) mass is 495 g/mol. The van der Waals surface area contributed by atoms with Crippen LogP contribution in [-0.2, 0) is 11.3 Å². The van der Waals surface area contributed by atoms with Crippen LogP contribution >= 0.6 is 24.0 Å². The number of carbonyl (C=O) groups excluding carboxylic acids is 1. The molecule has 1 atom stereocenters. The maximum Gasteiger partial charge on any atom is 0.227 e. The van der Waals surface area contributed by atoms with Gasteiger partial charge in [0.25, 0.3) is 0 Å². The lowest BCUT2D eigenvalue weighted by Gasteiger charge is -2.18. The van der Waals surface area contributed by atoms with Gasteiger partial charge in [0.1, 0.15) is 18.2 Å². The lowest BCUT2D eigenvalue weighted by atomic mass is 10.1. The number of ether oxygens (including phenoxy) is 1. The SMILES string of the molecule is Cc1ccc(OCCn2c(C3CC(=O)N(c4ccccc4Cl)C3)nc3ccccc32)c(C)c1.Cl. The van der Waals surface area contributed by atoms with E-state index in [9.17, 15) is 4.79 Å². The predicted molar refractivity (Wildman–Crippen MR) is 140 cm³/mol. The van der Waals surface area contributed by atoms with Crippen LogP contribution < -0.4 is 9.64 Å². The summed E-state index contributed by atoms with van der Waals surface area (Å²) in [6.07, 6.45) is 0.409. The second-order valence-electron chi connectivity index (χ2n) is 8.58. The first-order chi connectivity index (χ1) is 16.0. The molecule has 2 heterocycles. The second kappa shape index (κ2) is 10.1. The van der Waals surface area contributed by atoms with Crippen LogP contribution in [0.15, 0.2) is 66.7 Å². The van der Waals surface area contributed by atoms with Crippen LogP contribution in [0.4, 0.5) is 5.69 Å². The van der Waals surface area contributed by atoms with Gasteiger partial charge in [0.05, 0.1) is 28.3 Å². The van der Waals surface area contributed by atoms with Gasteiger partial charge < -0.3 is 14.2 Å². The maximum atomic E-state index is 12.9. The molecule has 0 aliphatic carbocycles. The van der Waals surface area contributed by atoms with Crippen LogP contribution in [0.2, 0.25) is 5.02 Å². The Bertz CT molecular complexity index is 1330. The molecule has 0 spiro atoms. The van der Waals surface area contributed by atoms with Gasteiger partial charge in [-0.3, -0.25) is 4.79 Å². The summed E-state index contributed by atoms with van der Waals surface area (Å²) in [5.74, 6) is 1.87. The van der Waals surface area contributed by atoms with Gasteiger partial charge in [-0.2, -0.15) is 0 Å². The van der Waals surface area contributed by atoms with Crippen LogP contribution in [0, 0.1) is 13.8 Å². The molecule has 176 valence electrons. The van der Waals surface area contributed by atoms with E-state index in [-0.39, 0.29) is 24.2 Å². The number of rotatable bonds is 6. The third-order valence-electron chi connectivity index (χ3n) is 6.22. The number of benzene rings is 3. The van der Waals surface area contributed by atoms with E-state index in [2.05, 4.69) is 36.6 Å². The van der Waals surface area contributed by atoms with E-state index < -0.39 is 0 Å². The van der Waals surface area contributed by atoms with Gasteiger partial charge in [-0.25, -0.2) is 4.98 Å². The third-order valence-corrected chi connectivity index (χ3v) is 6.54. The van der Waals surface area contributed by atoms with Crippen LogP contribution in [0.1, 0.15) is 29.3 Å². The van der Waals surface area contributed by atoms with E-state index in [0.29, 0.717) is 31.1 Å². The smallest absolute Gasteiger partial charge is 0.227 e. The number of fused-ring (bicyclic) bond motifs is 1. The number of hydrogen-bond donors (Lipinski definition) is 0. The standard InChI is InChI=1S/C27H26ClN3O2.ClH/c1-18-11-12-25(19(2)15-18)33-14-13-30-24-10-6-4-8-22(24)29-27(30)20-16-26(32)31(17-20)23-9-5-3-7-21(23)28;/h3-12,15,20H,13-14,16-17H2,1-2H3;1H. The highest BCUT2D eigenvalue weighted by atomic mass is 35.5. The number of aromatic nitrogens is 2. The van der Waals surface area contributed by atoms with Gasteiger partial charge >= 0.3 is 0 Å². The molecule has 0 bridgehead atoms. The van der Waals surface area contributed by atoms with E-state index in [4.69, 9.17) is 21.3 Å². The van der Waals surface area contributed by atoms with Crippen molar-refractivity contribution in [2.24, 2.45) is 0 Å². The van der Waals surface area contributed by atoms with Crippen LogP contribution in [0.5, 0.6) is 5.75 Å². The van der Waals surface area contributed by atoms with Crippen molar-refractivity contribution in [3.63, 3.8) is 0 Å². The minimum Gasteiger partial charge on any atom is -0.491 e. The van der Waals surface area contributed by atoms with Crippen molar-refractivity contribution in [3.8, 4) is 5.75 Å². The topological polar surface area (TPSA) is 47.4 Å². The maximum absolute atomic E-state index is 12.9. The molecule has 1 fully saturated rings. The number of amides is 1. The molecule has 1 saturated heterocycles. The van der Waals surface area contributed by atoms with E-state index in [1.807, 2.05) is 48.5 Å². The lowest BCUT2D eigenvalue weighted by Crippen LogP contribution is -2.25. The van der Waals surface area contributed by atoms with Crippen molar-refractivity contribution in [2.75, 3.05) is 18.1 Å². The fraction of sp³-hybridized carbons (Fsp3) is 0.259. The molecule has 5 nitrogen and oxygen atoms in total. The summed E-state index contributed by atoms with van der Waals surface area (Å²) in [6, 6.07) is 21.8. The Morgan fingerprint density at radius 1 is 1.06 bits per heavy atom. The molecule has 1 aromatic heterocycles. The molecule has 0 radical (unpaired) electrons. The number of anilines is 1. The normalized spacial score (nSPS) is 15.6. The quantitative estimate of drug-likeness (QED) is 0.314. The zero-order valence-electron chi connectivity index (χ0n) is 19.2. The van der Waals surface area contributed by atoms with Crippen molar-refractivity contribution in [1.82, 2.24) is 9.55 Å². The number of para-hydroxylation sites is 3. The van der Waals surface area contributed by atoms with Crippen molar-refractivity contribution < 1.29 is 9.53 Å². The van der Waals surface area contributed by atoms with Crippen LogP contribution in [0.25, 0.3) is 11.0 Å². The Hall–Kier alpha value is -3.02. The molecule has 1 aliphatic heterocycles. The second-order valence-corrected chi connectivity index (χ2v) is 8.99. The molecule has 4 aromatic rings. The Labute approximate surface area is 210 Å². The summed E-state index contributed by atoms with van der Waals surface area (Å²) in [4.78, 5) is 19.6. The molecule has 5 rings (SSSR count). The molecular weight excluding hydrogens is 469 g/mol. The summed E-state index contributed by atoms with van der Waals surface area (Å²) < 4.78 is 8.32. The van der Waals surface area contributed by atoms with E-state index in [1.54, 1.807) is 4.90 Å². The summed E-state index contributed by atoms with van der Waals surface area (Å²) in [5.41, 5.74) is 5.09. The highest BCUT2D eigenvalue weighted by molar-refractivity contribution is 6.33. The molecular formula is C27H27Cl2N3O2. The minimum atomic E-state index is -0.0118. The Kier molecular flexibility index (Phi) is 7.15. The molecule has 0 N–H and O–H groups in total. The molecule has 1 unspecified atom stereocenters. The molecule has 7 heteroatoms.